The monoisotopic (exact) mass is 455 g/mol. The summed E-state index contributed by atoms with van der Waals surface area (Å²) >= 11 is 0. The molecule has 1 aromatic carbocycles. The second-order valence-corrected chi connectivity index (χ2v) is 9.69. The number of anilines is 1. The van der Waals surface area contributed by atoms with E-state index in [0.29, 0.717) is 12.8 Å². The zero-order chi connectivity index (χ0) is 24.1. The minimum atomic E-state index is -0.843. The fraction of sp³-hybridized carbons (Fsp3) is 0.480. The number of methoxy groups -OCH3 is 1. The molecule has 2 bridgehead atoms. The van der Waals surface area contributed by atoms with Crippen molar-refractivity contribution < 1.29 is 34.4 Å². The van der Waals surface area contributed by atoms with Crippen molar-refractivity contribution in [1.82, 2.24) is 0 Å². The molecule has 1 amide bonds. The predicted octanol–water partition coefficient (Wildman–Crippen LogP) is 3.08. The van der Waals surface area contributed by atoms with Crippen LogP contribution < -0.4 is 5.32 Å². The zero-order valence-electron chi connectivity index (χ0n) is 18.8. The lowest BCUT2D eigenvalue weighted by Gasteiger charge is -2.61. The fourth-order valence-electron chi connectivity index (χ4n) is 6.02. The van der Waals surface area contributed by atoms with Crippen molar-refractivity contribution in [2.24, 2.45) is 22.7 Å². The fourth-order valence-corrected chi connectivity index (χ4v) is 6.02. The van der Waals surface area contributed by atoms with E-state index in [9.17, 15) is 29.7 Å². The number of fused-ring (bicyclic) bond motifs is 2. The van der Waals surface area contributed by atoms with E-state index in [4.69, 9.17) is 0 Å². The highest BCUT2D eigenvalue weighted by Gasteiger charge is 2.61. The van der Waals surface area contributed by atoms with Gasteiger partial charge in [-0.2, -0.15) is 0 Å². The van der Waals surface area contributed by atoms with E-state index in [0.717, 1.165) is 19.1 Å². The van der Waals surface area contributed by atoms with Gasteiger partial charge in [-0.25, -0.2) is 4.79 Å². The van der Waals surface area contributed by atoms with Gasteiger partial charge in [0.25, 0.3) is 0 Å². The standard InChI is InChI=1S/C25H29NO7/c1-13-12-25-9-6-18(28)24(2,17(25)10-14(13)11-19(25)29)8-7-20(30)26-21-16(27)5-4-15(22(21)31)23(32)33-3/h4-6,9,14,17,19,27,29,31H,1,7-8,10-12H2,2-3H3,(H,26,30). The molecule has 5 atom stereocenters. The van der Waals surface area contributed by atoms with E-state index < -0.39 is 40.3 Å². The number of ketones is 1. The lowest BCUT2D eigenvalue weighted by Crippen LogP contribution is -2.59. The van der Waals surface area contributed by atoms with Crippen molar-refractivity contribution in [2.45, 2.75) is 45.1 Å². The van der Waals surface area contributed by atoms with E-state index in [1.807, 2.05) is 13.0 Å². The van der Waals surface area contributed by atoms with Crippen molar-refractivity contribution in [3.63, 3.8) is 0 Å². The number of ether oxygens (including phenoxy) is 1. The number of hydrogen-bond acceptors (Lipinski definition) is 7. The van der Waals surface area contributed by atoms with E-state index in [-0.39, 0.29) is 41.7 Å². The third-order valence-corrected chi connectivity index (χ3v) is 7.98. The number of rotatable bonds is 5. The number of hydrogen-bond donors (Lipinski definition) is 4. The average Bonchev–Trinajstić information content (AvgIpc) is 2.78. The maximum Gasteiger partial charge on any atom is 0.341 e. The number of aliphatic hydroxyl groups is 1. The first kappa shape index (κ1) is 23.0. The third kappa shape index (κ3) is 3.53. The van der Waals surface area contributed by atoms with Crippen molar-refractivity contribution in [2.75, 3.05) is 12.4 Å². The van der Waals surface area contributed by atoms with Gasteiger partial charge in [-0.05, 0) is 55.7 Å². The molecule has 5 rings (SSSR count). The maximum atomic E-state index is 13.0. The first-order valence-corrected chi connectivity index (χ1v) is 11.1. The molecule has 33 heavy (non-hydrogen) atoms. The normalized spacial score (nSPS) is 32.4. The highest BCUT2D eigenvalue weighted by atomic mass is 16.5. The molecule has 3 fully saturated rings. The number of benzene rings is 1. The molecular weight excluding hydrogens is 426 g/mol. The molecule has 0 aliphatic heterocycles. The summed E-state index contributed by atoms with van der Waals surface area (Å²) in [4.78, 5) is 37.6. The molecule has 4 N–H and O–H groups in total. The lowest BCUT2D eigenvalue weighted by molar-refractivity contribution is -0.148. The van der Waals surface area contributed by atoms with Crippen molar-refractivity contribution in [1.29, 1.82) is 0 Å². The van der Waals surface area contributed by atoms with Crippen LogP contribution in [0.5, 0.6) is 11.5 Å². The Labute approximate surface area is 191 Å². The minimum absolute atomic E-state index is 0.0499. The highest BCUT2D eigenvalue weighted by Crippen LogP contribution is 2.64. The van der Waals surface area contributed by atoms with Gasteiger partial charge in [0.05, 0.1) is 13.2 Å². The smallest absolute Gasteiger partial charge is 0.341 e. The van der Waals surface area contributed by atoms with Crippen LogP contribution in [0.15, 0.2) is 36.4 Å². The summed E-state index contributed by atoms with van der Waals surface area (Å²) in [7, 11) is 1.15. The highest BCUT2D eigenvalue weighted by molar-refractivity contribution is 6.01. The molecule has 176 valence electrons. The molecule has 0 saturated heterocycles. The molecule has 0 aromatic heterocycles. The zero-order valence-corrected chi connectivity index (χ0v) is 18.8. The Morgan fingerprint density at radius 1 is 1.27 bits per heavy atom. The number of nitrogens with one attached hydrogen (secondary N) is 1. The SMILES string of the molecule is C=C1CC23C=CC(=O)C(C)(CCC(=O)Nc4c(O)ccc(C(=O)OC)c4O)C2CC1CC3O. The summed E-state index contributed by atoms with van der Waals surface area (Å²) in [6, 6.07) is 2.37. The Kier molecular flexibility index (Phi) is 5.60. The van der Waals surface area contributed by atoms with Crippen LogP contribution in [0.25, 0.3) is 0 Å². The van der Waals surface area contributed by atoms with Gasteiger partial charge in [0.1, 0.15) is 17.0 Å². The van der Waals surface area contributed by atoms with Crippen LogP contribution in [0.1, 0.15) is 49.4 Å². The number of allylic oxidation sites excluding steroid dienone is 2. The molecule has 0 radical (unpaired) electrons. The van der Waals surface area contributed by atoms with Gasteiger partial charge in [-0.1, -0.05) is 25.2 Å². The molecule has 3 saturated carbocycles. The number of esters is 1. The number of phenolic OH excluding ortho intramolecular Hbond substituents is 2. The first-order chi connectivity index (χ1) is 15.5. The first-order valence-electron chi connectivity index (χ1n) is 11.1. The van der Waals surface area contributed by atoms with Gasteiger partial charge in [0, 0.05) is 17.3 Å². The van der Waals surface area contributed by atoms with Gasteiger partial charge in [-0.3, -0.25) is 9.59 Å². The van der Waals surface area contributed by atoms with Gasteiger partial charge < -0.3 is 25.4 Å². The average molecular weight is 456 g/mol. The predicted molar refractivity (Wildman–Crippen MR) is 120 cm³/mol. The quantitative estimate of drug-likeness (QED) is 0.305. The number of carbonyl (C=O) groups excluding carboxylic acids is 3. The third-order valence-electron chi connectivity index (χ3n) is 7.98. The molecule has 0 heterocycles. The maximum absolute atomic E-state index is 13.0. The Morgan fingerprint density at radius 3 is 2.70 bits per heavy atom. The topological polar surface area (TPSA) is 133 Å². The van der Waals surface area contributed by atoms with Gasteiger partial charge in [0.2, 0.25) is 5.91 Å². The van der Waals surface area contributed by atoms with Crippen LogP contribution in [0.2, 0.25) is 0 Å². The lowest BCUT2D eigenvalue weighted by atomic mass is 9.43. The largest absolute Gasteiger partial charge is 0.506 e. The van der Waals surface area contributed by atoms with Crippen molar-refractivity contribution >= 4 is 23.3 Å². The summed E-state index contributed by atoms with van der Waals surface area (Å²) < 4.78 is 4.60. The molecule has 5 unspecified atom stereocenters. The van der Waals surface area contributed by atoms with E-state index in [2.05, 4.69) is 16.6 Å². The Hall–Kier alpha value is -3.13. The Morgan fingerprint density at radius 2 is 2.00 bits per heavy atom. The molecule has 4 aliphatic rings. The number of carbonyl (C=O) groups is 3. The summed E-state index contributed by atoms with van der Waals surface area (Å²) in [5.74, 6) is -2.35. The number of phenols is 2. The molecule has 4 aliphatic carbocycles. The summed E-state index contributed by atoms with van der Waals surface area (Å²) in [6.07, 6.45) is 5.03. The van der Waals surface area contributed by atoms with Crippen LogP contribution in [-0.2, 0) is 14.3 Å². The van der Waals surface area contributed by atoms with Gasteiger partial charge in [-0.15, -0.1) is 0 Å². The summed E-state index contributed by atoms with van der Waals surface area (Å²) in [5, 5.41) is 33.7. The number of aromatic hydroxyl groups is 2. The van der Waals surface area contributed by atoms with Crippen molar-refractivity contribution in [3.05, 3.63) is 42.0 Å². The molecular formula is C25H29NO7. The summed E-state index contributed by atoms with van der Waals surface area (Å²) in [6.45, 7) is 6.02. The Balaban J connectivity index is 1.53. The van der Waals surface area contributed by atoms with Crippen LogP contribution in [0.3, 0.4) is 0 Å². The molecule has 8 nitrogen and oxygen atoms in total. The number of aliphatic hydroxyl groups excluding tert-OH is 1. The van der Waals surface area contributed by atoms with Crippen LogP contribution in [-0.4, -0.2) is 46.2 Å². The molecule has 1 spiro atoms. The van der Waals surface area contributed by atoms with E-state index in [1.54, 1.807) is 0 Å². The second kappa shape index (κ2) is 8.02. The van der Waals surface area contributed by atoms with E-state index >= 15 is 0 Å². The van der Waals surface area contributed by atoms with Crippen LogP contribution in [0.4, 0.5) is 5.69 Å². The van der Waals surface area contributed by atoms with Gasteiger partial charge in [0.15, 0.2) is 11.5 Å². The molecule has 1 aromatic rings. The van der Waals surface area contributed by atoms with Crippen LogP contribution in [0, 0.1) is 22.7 Å². The summed E-state index contributed by atoms with van der Waals surface area (Å²) in [5.41, 5.74) is -0.768. The van der Waals surface area contributed by atoms with E-state index in [1.165, 1.54) is 18.2 Å². The number of amides is 1. The molecule has 8 heteroatoms. The second-order valence-electron chi connectivity index (χ2n) is 9.69. The Bertz CT molecular complexity index is 1080. The van der Waals surface area contributed by atoms with Crippen molar-refractivity contribution in [3.8, 4) is 11.5 Å². The van der Waals surface area contributed by atoms with Crippen LogP contribution >= 0.6 is 0 Å². The van der Waals surface area contributed by atoms with Gasteiger partial charge >= 0.3 is 5.97 Å². The minimum Gasteiger partial charge on any atom is -0.506 e.